The van der Waals surface area contributed by atoms with Gasteiger partial charge in [-0.05, 0) is 96.8 Å². The van der Waals surface area contributed by atoms with Crippen LogP contribution in [0.3, 0.4) is 0 Å². The number of aliphatic hydroxyl groups excluding tert-OH is 1. The standard InChI is InChI=1S/C25H36O3/c1-3-4-15-11-16-12-18(26)7-8-20(16)21-9-10-24(2)22(23(15)21)13-17-5-6-19(27)14-25(17,24)28/h7-8,12,15,17,19,21-23,26-28H,3-6,9-11,13-14H2,1-2H3/t15-,17-,19+,21-,22+,23-,24+,25+/m1/s1. The molecular weight excluding hydrogens is 348 g/mol. The second-order valence-corrected chi connectivity index (χ2v) is 10.7. The minimum atomic E-state index is -0.688. The van der Waals surface area contributed by atoms with Gasteiger partial charge in [-0.3, -0.25) is 0 Å². The first kappa shape index (κ1) is 18.9. The van der Waals surface area contributed by atoms with Crippen LogP contribution in [0.25, 0.3) is 0 Å². The van der Waals surface area contributed by atoms with E-state index in [1.165, 1.54) is 24.0 Å². The third kappa shape index (κ3) is 2.48. The topological polar surface area (TPSA) is 60.7 Å². The molecule has 0 aliphatic heterocycles. The summed E-state index contributed by atoms with van der Waals surface area (Å²) in [7, 11) is 0. The lowest BCUT2D eigenvalue weighted by molar-refractivity contribution is -0.160. The van der Waals surface area contributed by atoms with Gasteiger partial charge in [0, 0.05) is 6.42 Å². The maximum atomic E-state index is 11.9. The predicted molar refractivity (Wildman–Crippen MR) is 110 cm³/mol. The summed E-state index contributed by atoms with van der Waals surface area (Å²) in [6, 6.07) is 6.04. The largest absolute Gasteiger partial charge is 0.508 e. The van der Waals surface area contributed by atoms with Crippen LogP contribution in [0.1, 0.15) is 82.3 Å². The van der Waals surface area contributed by atoms with Crippen molar-refractivity contribution < 1.29 is 15.3 Å². The smallest absolute Gasteiger partial charge is 0.115 e. The number of hydrogen-bond donors (Lipinski definition) is 3. The molecule has 0 spiro atoms. The van der Waals surface area contributed by atoms with Crippen LogP contribution in [-0.2, 0) is 6.42 Å². The van der Waals surface area contributed by atoms with Crippen molar-refractivity contribution in [2.24, 2.45) is 29.1 Å². The maximum Gasteiger partial charge on any atom is 0.115 e. The van der Waals surface area contributed by atoms with Gasteiger partial charge in [0.05, 0.1) is 11.7 Å². The fourth-order valence-corrected chi connectivity index (χ4v) is 8.31. The van der Waals surface area contributed by atoms with Gasteiger partial charge in [0.1, 0.15) is 5.75 Å². The van der Waals surface area contributed by atoms with Crippen molar-refractivity contribution in [2.45, 2.75) is 89.3 Å². The Balaban J connectivity index is 1.57. The van der Waals surface area contributed by atoms with Crippen LogP contribution in [-0.4, -0.2) is 27.0 Å². The number of phenolic OH excluding ortho intramolecular Hbond substituents is 1. The fraction of sp³-hybridized carbons (Fsp3) is 0.760. The van der Waals surface area contributed by atoms with E-state index >= 15 is 0 Å². The summed E-state index contributed by atoms with van der Waals surface area (Å²) in [4.78, 5) is 0. The Bertz CT molecular complexity index is 760. The van der Waals surface area contributed by atoms with Gasteiger partial charge in [0.2, 0.25) is 0 Å². The van der Waals surface area contributed by atoms with Gasteiger partial charge < -0.3 is 15.3 Å². The van der Waals surface area contributed by atoms with Crippen LogP contribution in [0.4, 0.5) is 0 Å². The van der Waals surface area contributed by atoms with Gasteiger partial charge in [-0.25, -0.2) is 0 Å². The molecule has 0 radical (unpaired) electrons. The number of benzene rings is 1. The van der Waals surface area contributed by atoms with Crippen LogP contribution < -0.4 is 0 Å². The molecule has 28 heavy (non-hydrogen) atoms. The average Bonchev–Trinajstić information content (AvgIpc) is 2.88. The van der Waals surface area contributed by atoms with Crippen molar-refractivity contribution in [3.63, 3.8) is 0 Å². The minimum Gasteiger partial charge on any atom is -0.508 e. The zero-order chi connectivity index (χ0) is 19.7. The lowest BCUT2D eigenvalue weighted by atomic mass is 9.49. The molecule has 154 valence electrons. The highest BCUT2D eigenvalue weighted by Crippen LogP contribution is 2.69. The molecule has 0 heterocycles. The van der Waals surface area contributed by atoms with E-state index in [0.29, 0.717) is 41.8 Å². The van der Waals surface area contributed by atoms with Crippen molar-refractivity contribution in [1.29, 1.82) is 0 Å². The van der Waals surface area contributed by atoms with Gasteiger partial charge >= 0.3 is 0 Å². The van der Waals surface area contributed by atoms with Crippen molar-refractivity contribution in [3.8, 4) is 5.75 Å². The number of phenols is 1. The SMILES string of the molecule is CCC[C@@H]1Cc2cc(O)ccc2[C@H]2CC[C@@]3(C)[C@@H](C[C@H]4CC[C@H](O)C[C@]43O)[C@H]12. The molecule has 8 atom stereocenters. The van der Waals surface area contributed by atoms with E-state index in [1.54, 1.807) is 0 Å². The van der Waals surface area contributed by atoms with Crippen molar-refractivity contribution >= 4 is 0 Å². The van der Waals surface area contributed by atoms with Crippen molar-refractivity contribution in [3.05, 3.63) is 29.3 Å². The number of aromatic hydroxyl groups is 1. The molecule has 3 heteroatoms. The van der Waals surface area contributed by atoms with Crippen LogP contribution in [0.2, 0.25) is 0 Å². The summed E-state index contributed by atoms with van der Waals surface area (Å²) >= 11 is 0. The summed E-state index contributed by atoms with van der Waals surface area (Å²) in [5.74, 6) is 3.12. The quantitative estimate of drug-likeness (QED) is 0.688. The lowest BCUT2D eigenvalue weighted by Gasteiger charge is -2.56. The van der Waals surface area contributed by atoms with E-state index in [-0.39, 0.29) is 11.5 Å². The molecule has 1 aromatic carbocycles. The van der Waals surface area contributed by atoms with Gasteiger partial charge in [-0.15, -0.1) is 0 Å². The van der Waals surface area contributed by atoms with E-state index in [2.05, 4.69) is 19.9 Å². The average molecular weight is 385 g/mol. The highest BCUT2D eigenvalue weighted by atomic mass is 16.3. The Hall–Kier alpha value is -1.06. The van der Waals surface area contributed by atoms with E-state index in [1.807, 2.05) is 12.1 Å². The van der Waals surface area contributed by atoms with Gasteiger partial charge in [-0.2, -0.15) is 0 Å². The first-order valence-electron chi connectivity index (χ1n) is 11.6. The van der Waals surface area contributed by atoms with Crippen molar-refractivity contribution in [2.75, 3.05) is 0 Å². The summed E-state index contributed by atoms with van der Waals surface area (Å²) in [6.07, 6.45) is 8.87. The number of hydrogen-bond acceptors (Lipinski definition) is 3. The molecular formula is C25H36O3. The van der Waals surface area contributed by atoms with Crippen LogP contribution >= 0.6 is 0 Å². The molecule has 0 amide bonds. The zero-order valence-electron chi connectivity index (χ0n) is 17.4. The molecule has 0 saturated heterocycles. The molecule has 1 aromatic rings. The van der Waals surface area contributed by atoms with E-state index in [4.69, 9.17) is 0 Å². The molecule has 4 aliphatic rings. The predicted octanol–water partition coefficient (Wildman–Crippen LogP) is 4.78. The summed E-state index contributed by atoms with van der Waals surface area (Å²) in [5, 5.41) is 32.3. The number of rotatable bonds is 2. The molecule has 3 nitrogen and oxygen atoms in total. The first-order chi connectivity index (χ1) is 13.4. The monoisotopic (exact) mass is 384 g/mol. The highest BCUT2D eigenvalue weighted by molar-refractivity contribution is 5.41. The second kappa shape index (κ2) is 6.47. The third-order valence-corrected chi connectivity index (χ3v) is 9.53. The van der Waals surface area contributed by atoms with Crippen LogP contribution in [0.15, 0.2) is 18.2 Å². The van der Waals surface area contributed by atoms with E-state index < -0.39 is 5.60 Å². The molecule has 0 bridgehead atoms. The Morgan fingerprint density at radius 3 is 2.79 bits per heavy atom. The van der Waals surface area contributed by atoms with Gasteiger partial charge in [-0.1, -0.05) is 32.8 Å². The molecule has 4 aliphatic carbocycles. The Morgan fingerprint density at radius 1 is 1.18 bits per heavy atom. The lowest BCUT2D eigenvalue weighted by Crippen LogP contribution is -2.56. The Morgan fingerprint density at radius 2 is 2.00 bits per heavy atom. The van der Waals surface area contributed by atoms with Gasteiger partial charge in [0.15, 0.2) is 0 Å². The minimum absolute atomic E-state index is 0.0688. The second-order valence-electron chi connectivity index (χ2n) is 10.7. The summed E-state index contributed by atoms with van der Waals surface area (Å²) in [6.45, 7) is 4.63. The van der Waals surface area contributed by atoms with E-state index in [0.717, 1.165) is 38.5 Å². The Labute approximate surface area is 169 Å². The number of aliphatic hydroxyl groups is 2. The van der Waals surface area contributed by atoms with Crippen molar-refractivity contribution in [1.82, 2.24) is 0 Å². The van der Waals surface area contributed by atoms with Crippen LogP contribution in [0, 0.1) is 29.1 Å². The number of fused-ring (bicyclic) bond motifs is 7. The summed E-state index contributed by atoms with van der Waals surface area (Å²) in [5.41, 5.74) is 2.05. The highest BCUT2D eigenvalue weighted by Gasteiger charge is 2.67. The molecule has 0 aromatic heterocycles. The third-order valence-electron chi connectivity index (χ3n) is 9.53. The fourth-order valence-electron chi connectivity index (χ4n) is 8.31. The van der Waals surface area contributed by atoms with Gasteiger partial charge in [0.25, 0.3) is 0 Å². The Kier molecular flexibility index (Phi) is 4.38. The molecule has 3 saturated carbocycles. The summed E-state index contributed by atoms with van der Waals surface area (Å²) < 4.78 is 0. The molecule has 5 rings (SSSR count). The molecule has 3 fully saturated rings. The first-order valence-corrected chi connectivity index (χ1v) is 11.6. The maximum absolute atomic E-state index is 11.9. The van der Waals surface area contributed by atoms with E-state index in [9.17, 15) is 15.3 Å². The zero-order valence-corrected chi connectivity index (χ0v) is 17.4. The molecule has 3 N–H and O–H groups in total. The molecule has 0 unspecified atom stereocenters. The normalized spacial score (nSPS) is 47.0. The van der Waals surface area contributed by atoms with Crippen LogP contribution in [0.5, 0.6) is 5.75 Å².